The number of ether oxygens (including phenoxy) is 1. The highest BCUT2D eigenvalue weighted by molar-refractivity contribution is 6.30. The molecule has 4 heteroatoms. The molecule has 0 bridgehead atoms. The molecule has 15 heavy (non-hydrogen) atoms. The van der Waals surface area contributed by atoms with Crippen LogP contribution in [0.15, 0.2) is 24.3 Å². The highest BCUT2D eigenvalue weighted by Crippen LogP contribution is 2.10. The first-order valence-electron chi connectivity index (χ1n) is 4.72. The predicted octanol–water partition coefficient (Wildman–Crippen LogP) is 1.99. The highest BCUT2D eigenvalue weighted by Gasteiger charge is 2.11. The van der Waals surface area contributed by atoms with Gasteiger partial charge in [-0.05, 0) is 31.7 Å². The molecule has 1 unspecified atom stereocenters. The summed E-state index contributed by atoms with van der Waals surface area (Å²) in [5, 5.41) is 3.49. The van der Waals surface area contributed by atoms with Gasteiger partial charge in [0.05, 0.1) is 0 Å². The lowest BCUT2D eigenvalue weighted by Gasteiger charge is -2.10. The number of likely N-dealkylation sites (N-methyl/N-ethyl adjacent to an activating group) is 1. The van der Waals surface area contributed by atoms with Crippen LogP contribution < -0.4 is 5.32 Å². The van der Waals surface area contributed by atoms with E-state index in [0.29, 0.717) is 5.02 Å². The summed E-state index contributed by atoms with van der Waals surface area (Å²) in [4.78, 5) is 11.3. The van der Waals surface area contributed by atoms with E-state index in [-0.39, 0.29) is 18.6 Å². The largest absolute Gasteiger partial charge is 0.460 e. The topological polar surface area (TPSA) is 38.3 Å². The summed E-state index contributed by atoms with van der Waals surface area (Å²) in [6.45, 7) is 2.03. The molecule has 0 saturated carbocycles. The Bertz CT molecular complexity index is 324. The Morgan fingerprint density at radius 2 is 2.07 bits per heavy atom. The molecule has 0 aliphatic rings. The van der Waals surface area contributed by atoms with Gasteiger partial charge >= 0.3 is 5.97 Å². The molecule has 3 nitrogen and oxygen atoms in total. The number of carbonyl (C=O) groups excluding carboxylic acids is 1. The van der Waals surface area contributed by atoms with Gasteiger partial charge in [-0.2, -0.15) is 0 Å². The van der Waals surface area contributed by atoms with Crippen LogP contribution in [-0.2, 0) is 16.1 Å². The first-order valence-corrected chi connectivity index (χ1v) is 5.09. The summed E-state index contributed by atoms with van der Waals surface area (Å²) in [6.07, 6.45) is 0. The van der Waals surface area contributed by atoms with Crippen LogP contribution in [0, 0.1) is 0 Å². The van der Waals surface area contributed by atoms with Gasteiger partial charge in [-0.15, -0.1) is 0 Å². The van der Waals surface area contributed by atoms with Gasteiger partial charge in [0.1, 0.15) is 12.6 Å². The Labute approximate surface area is 94.4 Å². The van der Waals surface area contributed by atoms with E-state index in [0.717, 1.165) is 5.56 Å². The summed E-state index contributed by atoms with van der Waals surface area (Å²) < 4.78 is 5.08. The molecule has 0 spiro atoms. The lowest BCUT2D eigenvalue weighted by atomic mass is 10.2. The first kappa shape index (κ1) is 12.0. The molecule has 1 aromatic carbocycles. The lowest BCUT2D eigenvalue weighted by Crippen LogP contribution is -2.32. The highest BCUT2D eigenvalue weighted by atomic mass is 35.5. The van der Waals surface area contributed by atoms with Gasteiger partial charge in [0.15, 0.2) is 0 Å². The van der Waals surface area contributed by atoms with E-state index in [2.05, 4.69) is 5.32 Å². The molecular formula is C11H14ClNO2. The Morgan fingerprint density at radius 1 is 1.47 bits per heavy atom. The van der Waals surface area contributed by atoms with E-state index in [9.17, 15) is 4.79 Å². The van der Waals surface area contributed by atoms with Crippen LogP contribution in [0.25, 0.3) is 0 Å². The van der Waals surface area contributed by atoms with Gasteiger partial charge in [-0.25, -0.2) is 0 Å². The van der Waals surface area contributed by atoms with Crippen molar-refractivity contribution in [3.8, 4) is 0 Å². The molecule has 0 aliphatic heterocycles. The summed E-state index contributed by atoms with van der Waals surface area (Å²) >= 11 is 5.73. The van der Waals surface area contributed by atoms with Crippen molar-refractivity contribution in [3.63, 3.8) is 0 Å². The van der Waals surface area contributed by atoms with E-state index in [4.69, 9.17) is 16.3 Å². The average molecular weight is 228 g/mol. The van der Waals surface area contributed by atoms with E-state index in [1.54, 1.807) is 26.1 Å². The van der Waals surface area contributed by atoms with Crippen LogP contribution in [0.4, 0.5) is 0 Å². The molecule has 0 fully saturated rings. The third-order valence-corrected chi connectivity index (χ3v) is 2.33. The van der Waals surface area contributed by atoms with Crippen LogP contribution in [-0.4, -0.2) is 19.1 Å². The number of hydrogen-bond acceptors (Lipinski definition) is 3. The second-order valence-corrected chi connectivity index (χ2v) is 3.68. The van der Waals surface area contributed by atoms with Gasteiger partial charge in [-0.1, -0.05) is 23.7 Å². The zero-order valence-electron chi connectivity index (χ0n) is 8.79. The molecule has 0 radical (unpaired) electrons. The fraction of sp³-hybridized carbons (Fsp3) is 0.364. The molecule has 82 valence electrons. The molecule has 0 aliphatic carbocycles. The zero-order chi connectivity index (χ0) is 11.3. The summed E-state index contributed by atoms with van der Waals surface area (Å²) in [6, 6.07) is 6.93. The summed E-state index contributed by atoms with van der Waals surface area (Å²) in [7, 11) is 1.72. The van der Waals surface area contributed by atoms with Crippen molar-refractivity contribution in [2.45, 2.75) is 19.6 Å². The maximum absolute atomic E-state index is 11.3. The Kier molecular flexibility index (Phi) is 4.59. The smallest absolute Gasteiger partial charge is 0.323 e. The number of halogens is 1. The van der Waals surface area contributed by atoms with E-state index >= 15 is 0 Å². The minimum atomic E-state index is -0.280. The third kappa shape index (κ3) is 3.90. The normalized spacial score (nSPS) is 12.2. The quantitative estimate of drug-likeness (QED) is 0.800. The van der Waals surface area contributed by atoms with Gasteiger partial charge in [0.25, 0.3) is 0 Å². The monoisotopic (exact) mass is 227 g/mol. The molecule has 0 amide bonds. The minimum Gasteiger partial charge on any atom is -0.460 e. The van der Waals surface area contributed by atoms with Crippen molar-refractivity contribution in [3.05, 3.63) is 34.9 Å². The standard InChI is InChI=1S/C11H14ClNO2/c1-8(13-2)11(14)15-7-9-3-5-10(12)6-4-9/h3-6,8,13H,7H2,1-2H3. The van der Waals surface area contributed by atoms with Crippen molar-refractivity contribution in [1.29, 1.82) is 0 Å². The Balaban J connectivity index is 2.43. The maximum Gasteiger partial charge on any atom is 0.323 e. The fourth-order valence-corrected chi connectivity index (χ4v) is 1.10. The number of rotatable bonds is 4. The van der Waals surface area contributed by atoms with Gasteiger partial charge in [-0.3, -0.25) is 4.79 Å². The van der Waals surface area contributed by atoms with E-state index < -0.39 is 0 Å². The van der Waals surface area contributed by atoms with Crippen LogP contribution >= 0.6 is 11.6 Å². The van der Waals surface area contributed by atoms with Crippen molar-refractivity contribution >= 4 is 17.6 Å². The average Bonchev–Trinajstić information content (AvgIpc) is 2.26. The van der Waals surface area contributed by atoms with Crippen molar-refractivity contribution in [2.75, 3.05) is 7.05 Å². The summed E-state index contributed by atoms with van der Waals surface area (Å²) in [5.74, 6) is -0.257. The van der Waals surface area contributed by atoms with Crippen LogP contribution in [0.2, 0.25) is 5.02 Å². The minimum absolute atomic E-state index is 0.257. The number of esters is 1. The summed E-state index contributed by atoms with van der Waals surface area (Å²) in [5.41, 5.74) is 0.927. The van der Waals surface area contributed by atoms with E-state index in [1.807, 2.05) is 12.1 Å². The predicted molar refractivity (Wildman–Crippen MR) is 59.8 cm³/mol. The molecule has 0 aromatic heterocycles. The second kappa shape index (κ2) is 5.73. The van der Waals surface area contributed by atoms with Crippen LogP contribution in [0.5, 0.6) is 0 Å². The third-order valence-electron chi connectivity index (χ3n) is 2.08. The number of carbonyl (C=O) groups is 1. The van der Waals surface area contributed by atoms with Gasteiger partial charge < -0.3 is 10.1 Å². The van der Waals surface area contributed by atoms with Crippen molar-refractivity contribution in [1.82, 2.24) is 5.32 Å². The lowest BCUT2D eigenvalue weighted by molar-refractivity contribution is -0.146. The zero-order valence-corrected chi connectivity index (χ0v) is 9.54. The van der Waals surface area contributed by atoms with Crippen LogP contribution in [0.3, 0.4) is 0 Å². The molecular weight excluding hydrogens is 214 g/mol. The van der Waals surface area contributed by atoms with Crippen LogP contribution in [0.1, 0.15) is 12.5 Å². The SMILES string of the molecule is CNC(C)C(=O)OCc1ccc(Cl)cc1. The molecule has 1 rings (SSSR count). The fourth-order valence-electron chi connectivity index (χ4n) is 0.978. The second-order valence-electron chi connectivity index (χ2n) is 3.24. The Hall–Kier alpha value is -1.06. The first-order chi connectivity index (χ1) is 7.13. The number of hydrogen-bond donors (Lipinski definition) is 1. The Morgan fingerprint density at radius 3 is 2.60 bits per heavy atom. The number of benzene rings is 1. The van der Waals surface area contributed by atoms with Gasteiger partial charge in [0, 0.05) is 5.02 Å². The molecule has 0 saturated heterocycles. The van der Waals surface area contributed by atoms with Crippen molar-refractivity contribution in [2.24, 2.45) is 0 Å². The molecule has 1 aromatic rings. The van der Waals surface area contributed by atoms with E-state index in [1.165, 1.54) is 0 Å². The maximum atomic E-state index is 11.3. The number of nitrogens with one attached hydrogen (secondary N) is 1. The molecule has 1 atom stereocenters. The molecule has 0 heterocycles. The van der Waals surface area contributed by atoms with Gasteiger partial charge in [0.2, 0.25) is 0 Å². The van der Waals surface area contributed by atoms with Crippen molar-refractivity contribution < 1.29 is 9.53 Å². The molecule has 1 N–H and O–H groups in total.